The zero-order chi connectivity index (χ0) is 24.5. The molecular formula is C25H23N9O2. The van der Waals surface area contributed by atoms with Gasteiger partial charge in [0.1, 0.15) is 0 Å². The van der Waals surface area contributed by atoms with Crippen molar-refractivity contribution in [3.05, 3.63) is 83.4 Å². The van der Waals surface area contributed by atoms with Crippen molar-refractivity contribution in [3.63, 3.8) is 0 Å². The fourth-order valence-corrected chi connectivity index (χ4v) is 4.25. The summed E-state index contributed by atoms with van der Waals surface area (Å²) in [6.45, 7) is 1.85. The molecule has 5 heterocycles. The Morgan fingerprint density at radius 2 is 1.97 bits per heavy atom. The number of nitrogens with two attached hydrogens (primary N) is 1. The highest BCUT2D eigenvalue weighted by Gasteiger charge is 2.22. The predicted molar refractivity (Wildman–Crippen MR) is 132 cm³/mol. The monoisotopic (exact) mass is 481 g/mol. The maximum absolute atomic E-state index is 13.0. The summed E-state index contributed by atoms with van der Waals surface area (Å²) in [6.07, 6.45) is 4.85. The van der Waals surface area contributed by atoms with E-state index in [1.807, 2.05) is 41.3 Å². The Morgan fingerprint density at radius 1 is 1.08 bits per heavy atom. The number of hydrogen-bond donors (Lipinski definition) is 2. The molecule has 1 amide bonds. The topological polar surface area (TPSA) is 140 Å². The number of benzene rings is 1. The number of rotatable bonds is 6. The average molecular weight is 482 g/mol. The van der Waals surface area contributed by atoms with Gasteiger partial charge >= 0.3 is 0 Å². The number of nitrogen functional groups attached to an aromatic ring is 1. The van der Waals surface area contributed by atoms with E-state index in [4.69, 9.17) is 10.2 Å². The van der Waals surface area contributed by atoms with Gasteiger partial charge in [-0.2, -0.15) is 19.5 Å². The molecule has 1 aliphatic rings. The van der Waals surface area contributed by atoms with Crippen LogP contribution in [0, 0.1) is 0 Å². The third-order valence-corrected chi connectivity index (χ3v) is 6.12. The van der Waals surface area contributed by atoms with Gasteiger partial charge in [-0.05, 0) is 47.9 Å². The van der Waals surface area contributed by atoms with E-state index in [9.17, 15) is 4.79 Å². The molecule has 0 spiro atoms. The normalized spacial score (nSPS) is 13.1. The van der Waals surface area contributed by atoms with Crippen LogP contribution in [0.25, 0.3) is 17.4 Å². The second-order valence-corrected chi connectivity index (χ2v) is 8.49. The van der Waals surface area contributed by atoms with Crippen LogP contribution in [0.1, 0.15) is 27.2 Å². The minimum absolute atomic E-state index is 0.0357. The number of fused-ring (bicyclic) bond motifs is 2. The lowest BCUT2D eigenvalue weighted by atomic mass is 10.0. The molecule has 0 atom stereocenters. The lowest BCUT2D eigenvalue weighted by Crippen LogP contribution is -2.36. The van der Waals surface area contributed by atoms with E-state index in [0.717, 1.165) is 29.7 Å². The zero-order valence-electron chi connectivity index (χ0n) is 19.3. The van der Waals surface area contributed by atoms with Gasteiger partial charge in [0.15, 0.2) is 5.76 Å². The van der Waals surface area contributed by atoms with Gasteiger partial charge in [-0.25, -0.2) is 0 Å². The molecule has 0 radical (unpaired) electrons. The first-order valence-electron chi connectivity index (χ1n) is 11.6. The SMILES string of the molecule is Nc1nc(NCCc2ccc(C(=O)N3CCc4ncccc4C3)cc2)nc2nc(-c3ccco3)nn12. The molecule has 1 aromatic carbocycles. The summed E-state index contributed by atoms with van der Waals surface area (Å²) >= 11 is 0. The van der Waals surface area contributed by atoms with Crippen LogP contribution in [-0.2, 0) is 19.4 Å². The fourth-order valence-electron chi connectivity index (χ4n) is 4.25. The van der Waals surface area contributed by atoms with E-state index in [1.54, 1.807) is 24.6 Å². The number of anilines is 2. The average Bonchev–Trinajstić information content (AvgIpc) is 3.59. The van der Waals surface area contributed by atoms with E-state index in [1.165, 1.54) is 4.52 Å². The number of nitrogens with one attached hydrogen (secondary N) is 1. The minimum Gasteiger partial charge on any atom is -0.461 e. The molecule has 0 unspecified atom stereocenters. The van der Waals surface area contributed by atoms with Gasteiger partial charge in [0.25, 0.3) is 11.7 Å². The molecule has 11 heteroatoms. The van der Waals surface area contributed by atoms with Crippen LogP contribution in [-0.4, -0.2) is 53.4 Å². The predicted octanol–water partition coefficient (Wildman–Crippen LogP) is 2.61. The molecule has 6 rings (SSSR count). The molecule has 180 valence electrons. The summed E-state index contributed by atoms with van der Waals surface area (Å²) in [4.78, 5) is 32.3. The second kappa shape index (κ2) is 9.10. The van der Waals surface area contributed by atoms with Crippen LogP contribution in [0.2, 0.25) is 0 Å². The summed E-state index contributed by atoms with van der Waals surface area (Å²) in [5.74, 6) is 1.82. The Morgan fingerprint density at radius 3 is 2.81 bits per heavy atom. The van der Waals surface area contributed by atoms with Crippen molar-refractivity contribution in [1.29, 1.82) is 0 Å². The lowest BCUT2D eigenvalue weighted by Gasteiger charge is -2.28. The maximum Gasteiger partial charge on any atom is 0.259 e. The van der Waals surface area contributed by atoms with Gasteiger partial charge in [0, 0.05) is 43.5 Å². The Labute approximate surface area is 206 Å². The van der Waals surface area contributed by atoms with Crippen molar-refractivity contribution in [2.24, 2.45) is 0 Å². The number of aromatic nitrogens is 6. The highest BCUT2D eigenvalue weighted by Crippen LogP contribution is 2.20. The highest BCUT2D eigenvalue weighted by atomic mass is 16.3. The zero-order valence-corrected chi connectivity index (χ0v) is 19.3. The van der Waals surface area contributed by atoms with Gasteiger partial charge < -0.3 is 20.4 Å². The van der Waals surface area contributed by atoms with E-state index >= 15 is 0 Å². The fraction of sp³-hybridized carbons (Fsp3) is 0.200. The standard InChI is InChI=1S/C25H23N9O2/c26-23-30-24(31-25-29-21(32-34(23)25)20-4-2-14-36-20)28-12-9-16-5-7-17(8-6-16)22(35)33-13-10-19-18(15-33)3-1-11-27-19/h1-8,11,14H,9-10,12-13,15H2,(H3,26,28,29,30,31,32). The van der Waals surface area contributed by atoms with Gasteiger partial charge in [0.05, 0.1) is 6.26 Å². The van der Waals surface area contributed by atoms with Crippen molar-refractivity contribution in [2.45, 2.75) is 19.4 Å². The minimum atomic E-state index is 0.0357. The summed E-state index contributed by atoms with van der Waals surface area (Å²) in [7, 11) is 0. The highest BCUT2D eigenvalue weighted by molar-refractivity contribution is 5.94. The van der Waals surface area contributed by atoms with Crippen LogP contribution < -0.4 is 11.1 Å². The smallest absolute Gasteiger partial charge is 0.259 e. The number of hydrogen-bond acceptors (Lipinski definition) is 9. The number of carbonyl (C=O) groups excluding carboxylic acids is 1. The number of furan rings is 1. The molecule has 1 aliphatic heterocycles. The molecule has 0 fully saturated rings. The van der Waals surface area contributed by atoms with E-state index in [-0.39, 0.29) is 11.9 Å². The molecule has 5 aromatic rings. The number of pyridine rings is 1. The second-order valence-electron chi connectivity index (χ2n) is 8.49. The van der Waals surface area contributed by atoms with Crippen molar-refractivity contribution in [3.8, 4) is 11.6 Å². The number of carbonyl (C=O) groups is 1. The van der Waals surface area contributed by atoms with Crippen LogP contribution in [0.4, 0.5) is 11.9 Å². The van der Waals surface area contributed by atoms with Gasteiger partial charge in [0.2, 0.25) is 17.7 Å². The number of nitrogens with zero attached hydrogens (tertiary/aromatic N) is 7. The van der Waals surface area contributed by atoms with Gasteiger partial charge in [-0.15, -0.1) is 5.10 Å². The Balaban J connectivity index is 1.07. The van der Waals surface area contributed by atoms with E-state index < -0.39 is 0 Å². The van der Waals surface area contributed by atoms with E-state index in [0.29, 0.717) is 48.5 Å². The summed E-state index contributed by atoms with van der Waals surface area (Å²) in [5, 5.41) is 7.47. The summed E-state index contributed by atoms with van der Waals surface area (Å²) in [6, 6.07) is 15.2. The molecule has 0 bridgehead atoms. The van der Waals surface area contributed by atoms with Crippen LogP contribution in [0.5, 0.6) is 0 Å². The lowest BCUT2D eigenvalue weighted by molar-refractivity contribution is 0.0733. The van der Waals surface area contributed by atoms with Crippen LogP contribution in [0.3, 0.4) is 0 Å². The first-order chi connectivity index (χ1) is 17.6. The molecule has 11 nitrogen and oxygen atoms in total. The number of amides is 1. The molecule has 0 saturated heterocycles. The van der Waals surface area contributed by atoms with Crippen molar-refractivity contribution >= 4 is 23.6 Å². The van der Waals surface area contributed by atoms with Crippen LogP contribution >= 0.6 is 0 Å². The van der Waals surface area contributed by atoms with E-state index in [2.05, 4.69) is 30.4 Å². The Bertz CT molecular complexity index is 1530. The van der Waals surface area contributed by atoms with Gasteiger partial charge in [-0.1, -0.05) is 18.2 Å². The van der Waals surface area contributed by atoms with Crippen LogP contribution in [0.15, 0.2) is 65.4 Å². The Hall–Kier alpha value is -4.80. The molecule has 4 aromatic heterocycles. The van der Waals surface area contributed by atoms with Crippen molar-refractivity contribution < 1.29 is 9.21 Å². The summed E-state index contributed by atoms with van der Waals surface area (Å²) in [5.41, 5.74) is 10.0. The molecule has 0 aliphatic carbocycles. The van der Waals surface area contributed by atoms with Crippen molar-refractivity contribution in [2.75, 3.05) is 24.1 Å². The maximum atomic E-state index is 13.0. The molecular weight excluding hydrogens is 458 g/mol. The third-order valence-electron chi connectivity index (χ3n) is 6.12. The van der Waals surface area contributed by atoms with Crippen molar-refractivity contribution in [1.82, 2.24) is 34.4 Å². The molecule has 0 saturated carbocycles. The Kier molecular flexibility index (Phi) is 5.49. The van der Waals surface area contributed by atoms with Gasteiger partial charge in [-0.3, -0.25) is 9.78 Å². The summed E-state index contributed by atoms with van der Waals surface area (Å²) < 4.78 is 6.71. The molecule has 36 heavy (non-hydrogen) atoms. The first kappa shape index (κ1) is 21.7. The quantitative estimate of drug-likeness (QED) is 0.374. The molecule has 3 N–H and O–H groups in total. The third kappa shape index (κ3) is 4.22. The first-order valence-corrected chi connectivity index (χ1v) is 11.6. The largest absolute Gasteiger partial charge is 0.461 e.